The van der Waals surface area contributed by atoms with Crippen molar-refractivity contribution in [3.63, 3.8) is 0 Å². The van der Waals surface area contributed by atoms with Gasteiger partial charge in [-0.3, -0.25) is 0 Å². The van der Waals surface area contributed by atoms with Crippen molar-refractivity contribution >= 4 is 22.8 Å². The fourth-order valence-electron chi connectivity index (χ4n) is 1.99. The van der Waals surface area contributed by atoms with Crippen molar-refractivity contribution in [3.8, 4) is 0 Å². The summed E-state index contributed by atoms with van der Waals surface area (Å²) in [5.41, 5.74) is 4.23. The summed E-state index contributed by atoms with van der Waals surface area (Å²) in [5, 5.41) is 3.20. The first kappa shape index (κ1) is 13.5. The number of benzene rings is 2. The van der Waals surface area contributed by atoms with Crippen LogP contribution < -0.4 is 5.32 Å². The third kappa shape index (κ3) is 3.09. The van der Waals surface area contributed by atoms with E-state index in [1.165, 1.54) is 0 Å². The highest BCUT2D eigenvalue weighted by Crippen LogP contribution is 2.24. The van der Waals surface area contributed by atoms with E-state index in [-0.39, 0.29) is 0 Å². The van der Waals surface area contributed by atoms with Crippen molar-refractivity contribution in [2.45, 2.75) is 6.92 Å². The molecular weight excluding hydrogens is 250 g/mol. The minimum Gasteiger partial charge on any atom is -0.376 e. The molecule has 96 valence electrons. The average molecular weight is 267 g/mol. The maximum Gasteiger partial charge on any atom is 0.107 e. The van der Waals surface area contributed by atoms with Gasteiger partial charge in [0.1, 0.15) is 4.99 Å². The molecule has 0 radical (unpaired) electrons. The van der Waals surface area contributed by atoms with Gasteiger partial charge in [-0.1, -0.05) is 73.4 Å². The zero-order valence-corrected chi connectivity index (χ0v) is 11.8. The van der Waals surface area contributed by atoms with Crippen LogP contribution in [0.5, 0.6) is 0 Å². The molecule has 0 saturated heterocycles. The highest BCUT2D eigenvalue weighted by molar-refractivity contribution is 7.80. The van der Waals surface area contributed by atoms with Crippen molar-refractivity contribution in [2.24, 2.45) is 0 Å². The molecule has 2 rings (SSSR count). The summed E-state index contributed by atoms with van der Waals surface area (Å²) in [6.07, 6.45) is 0. The number of hydrogen-bond donors (Lipinski definition) is 1. The smallest absolute Gasteiger partial charge is 0.107 e. The van der Waals surface area contributed by atoms with E-state index in [2.05, 4.69) is 30.1 Å². The predicted molar refractivity (Wildman–Crippen MR) is 86.4 cm³/mol. The molecule has 0 amide bonds. The van der Waals surface area contributed by atoms with Crippen molar-refractivity contribution in [1.82, 2.24) is 5.32 Å². The summed E-state index contributed by atoms with van der Waals surface area (Å²) in [5.74, 6) is 0. The van der Waals surface area contributed by atoms with Crippen LogP contribution in [0, 0.1) is 0 Å². The molecule has 0 aromatic heterocycles. The van der Waals surface area contributed by atoms with E-state index in [0.29, 0.717) is 0 Å². The molecule has 0 aliphatic rings. The van der Waals surface area contributed by atoms with Gasteiger partial charge in [-0.25, -0.2) is 0 Å². The van der Waals surface area contributed by atoms with E-state index in [9.17, 15) is 0 Å². The molecule has 2 aromatic rings. The van der Waals surface area contributed by atoms with E-state index in [0.717, 1.165) is 33.8 Å². The number of rotatable bonds is 4. The van der Waals surface area contributed by atoms with Gasteiger partial charge in [0.05, 0.1) is 0 Å². The lowest BCUT2D eigenvalue weighted by Crippen LogP contribution is -2.22. The van der Waals surface area contributed by atoms with E-state index in [1.54, 1.807) is 0 Å². The molecule has 0 saturated carbocycles. The van der Waals surface area contributed by atoms with Crippen molar-refractivity contribution in [3.05, 3.63) is 77.9 Å². The fraction of sp³-hybridized carbons (Fsp3) is 0.118. The summed E-state index contributed by atoms with van der Waals surface area (Å²) in [7, 11) is 0. The van der Waals surface area contributed by atoms with Crippen LogP contribution in [-0.4, -0.2) is 11.5 Å². The van der Waals surface area contributed by atoms with E-state index in [1.807, 2.05) is 43.3 Å². The number of nitrogens with one attached hydrogen (secondary N) is 1. The van der Waals surface area contributed by atoms with Crippen LogP contribution in [0.3, 0.4) is 0 Å². The van der Waals surface area contributed by atoms with Crippen LogP contribution in [0.15, 0.2) is 61.2 Å². The number of thiocarbonyl (C=S) groups is 1. The summed E-state index contributed by atoms with van der Waals surface area (Å²) < 4.78 is 0. The van der Waals surface area contributed by atoms with E-state index >= 15 is 0 Å². The molecule has 19 heavy (non-hydrogen) atoms. The van der Waals surface area contributed by atoms with Crippen LogP contribution in [0.25, 0.3) is 5.57 Å². The monoisotopic (exact) mass is 267 g/mol. The van der Waals surface area contributed by atoms with Gasteiger partial charge in [-0.05, 0) is 23.6 Å². The van der Waals surface area contributed by atoms with Crippen molar-refractivity contribution in [2.75, 3.05) is 6.54 Å². The van der Waals surface area contributed by atoms with Crippen LogP contribution >= 0.6 is 12.2 Å². The molecule has 0 aliphatic carbocycles. The first-order valence-electron chi connectivity index (χ1n) is 6.36. The first-order chi connectivity index (χ1) is 9.24. The average Bonchev–Trinajstić information content (AvgIpc) is 2.47. The zero-order chi connectivity index (χ0) is 13.7. The van der Waals surface area contributed by atoms with Gasteiger partial charge in [-0.15, -0.1) is 0 Å². The lowest BCUT2D eigenvalue weighted by atomic mass is 9.95. The SMILES string of the molecule is C=C(c1ccccc1)c1ccccc1C(=S)NCC. The molecule has 2 aromatic carbocycles. The molecule has 0 unspecified atom stereocenters. The molecule has 0 bridgehead atoms. The van der Waals surface area contributed by atoms with Gasteiger partial charge >= 0.3 is 0 Å². The predicted octanol–water partition coefficient (Wildman–Crippen LogP) is 4.03. The van der Waals surface area contributed by atoms with Crippen molar-refractivity contribution in [1.29, 1.82) is 0 Å². The van der Waals surface area contributed by atoms with Gasteiger partial charge < -0.3 is 5.32 Å². The van der Waals surface area contributed by atoms with Crippen LogP contribution in [-0.2, 0) is 0 Å². The van der Waals surface area contributed by atoms with Gasteiger partial charge in [0.25, 0.3) is 0 Å². The second-order valence-electron chi connectivity index (χ2n) is 4.25. The first-order valence-corrected chi connectivity index (χ1v) is 6.76. The van der Waals surface area contributed by atoms with E-state index < -0.39 is 0 Å². The topological polar surface area (TPSA) is 12.0 Å². The van der Waals surface area contributed by atoms with Crippen LogP contribution in [0.4, 0.5) is 0 Å². The molecule has 0 aliphatic heterocycles. The Morgan fingerprint density at radius 3 is 2.21 bits per heavy atom. The van der Waals surface area contributed by atoms with Crippen LogP contribution in [0.1, 0.15) is 23.6 Å². The lowest BCUT2D eigenvalue weighted by molar-refractivity contribution is 0.982. The number of hydrogen-bond acceptors (Lipinski definition) is 1. The van der Waals surface area contributed by atoms with Gasteiger partial charge in [0.2, 0.25) is 0 Å². The molecule has 1 N–H and O–H groups in total. The highest BCUT2D eigenvalue weighted by atomic mass is 32.1. The summed E-state index contributed by atoms with van der Waals surface area (Å²) in [6, 6.07) is 18.3. The van der Waals surface area contributed by atoms with Gasteiger partial charge in [0.15, 0.2) is 0 Å². The molecule has 0 spiro atoms. The Balaban J connectivity index is 2.40. The highest BCUT2D eigenvalue weighted by Gasteiger charge is 2.10. The molecule has 0 heterocycles. The van der Waals surface area contributed by atoms with E-state index in [4.69, 9.17) is 12.2 Å². The fourth-order valence-corrected chi connectivity index (χ4v) is 2.32. The third-order valence-corrected chi connectivity index (χ3v) is 3.32. The quantitative estimate of drug-likeness (QED) is 0.839. The van der Waals surface area contributed by atoms with Gasteiger partial charge in [-0.2, -0.15) is 0 Å². The Labute approximate surface area is 120 Å². The standard InChI is InChI=1S/C17H17NS/c1-3-18-17(19)16-12-8-7-11-15(16)13(2)14-9-5-4-6-10-14/h4-12H,2-3H2,1H3,(H,18,19). The normalized spacial score (nSPS) is 9.95. The molecule has 2 heteroatoms. The Morgan fingerprint density at radius 1 is 1.00 bits per heavy atom. The second-order valence-corrected chi connectivity index (χ2v) is 4.66. The van der Waals surface area contributed by atoms with Crippen LogP contribution in [0.2, 0.25) is 0 Å². The third-order valence-electron chi connectivity index (χ3n) is 2.96. The summed E-state index contributed by atoms with van der Waals surface area (Å²) in [4.78, 5) is 0.773. The largest absolute Gasteiger partial charge is 0.376 e. The Kier molecular flexibility index (Phi) is 4.48. The molecule has 0 atom stereocenters. The second kappa shape index (κ2) is 6.30. The lowest BCUT2D eigenvalue weighted by Gasteiger charge is -2.13. The minimum atomic E-state index is 0.773. The molecule has 1 nitrogen and oxygen atoms in total. The maximum absolute atomic E-state index is 5.42. The zero-order valence-electron chi connectivity index (χ0n) is 11.0. The van der Waals surface area contributed by atoms with Gasteiger partial charge in [0, 0.05) is 12.1 Å². The maximum atomic E-state index is 5.42. The summed E-state index contributed by atoms with van der Waals surface area (Å²) in [6.45, 7) is 7.08. The Morgan fingerprint density at radius 2 is 1.58 bits per heavy atom. The Bertz CT molecular complexity index is 587. The Hall–Kier alpha value is -1.93. The molecule has 0 fully saturated rings. The van der Waals surface area contributed by atoms with Crippen molar-refractivity contribution < 1.29 is 0 Å². The summed E-state index contributed by atoms with van der Waals surface area (Å²) >= 11 is 5.42. The molecular formula is C17H17NS. The minimum absolute atomic E-state index is 0.773.